The second-order valence-electron chi connectivity index (χ2n) is 0. The second kappa shape index (κ2) is 17.2. The molecule has 0 saturated heterocycles. The molecule has 0 spiro atoms. The van der Waals surface area contributed by atoms with Crippen molar-refractivity contribution in [2.75, 3.05) is 0 Å². The van der Waals surface area contributed by atoms with Crippen molar-refractivity contribution in [1.29, 1.82) is 0 Å². The Bertz CT molecular complexity index is 8.00. The minimum atomic E-state index is 0. The Balaban J connectivity index is 0. The van der Waals surface area contributed by atoms with Crippen LogP contribution < -0.4 is 0 Å². The molecule has 0 N–H and O–H groups in total. The molecule has 0 unspecified atom stereocenters. The molecule has 0 aromatic rings. The predicted molar refractivity (Wildman–Crippen MR) is 27.0 cm³/mol. The summed E-state index contributed by atoms with van der Waals surface area (Å²) in [4.78, 5) is 0. The Morgan fingerprint density at radius 2 is 1.00 bits per heavy atom. The Morgan fingerprint density at radius 3 is 1.00 bits per heavy atom. The third-order valence-corrected chi connectivity index (χ3v) is 0. The molecule has 0 aliphatic carbocycles. The quantitative estimate of drug-likeness (QED) is 0.415. The van der Waals surface area contributed by atoms with Gasteiger partial charge < -0.3 is 0 Å². The van der Waals surface area contributed by atoms with Crippen LogP contribution in [0.2, 0.25) is 0 Å². The zero-order chi connectivity index (χ0) is 0. The molecule has 27 valence electrons. The molecular weight excluding hydrogens is 322 g/mol. The number of rotatable bonds is 0. The van der Waals surface area contributed by atoms with Crippen LogP contribution >= 0.6 is 0 Å². The predicted octanol–water partition coefficient (Wildman–Crippen LogP) is -3.02. The van der Waals surface area contributed by atoms with Crippen LogP contribution in [0.15, 0.2) is 0 Å². The monoisotopic (exact) mass is 329 g/mol. The van der Waals surface area contributed by atoms with E-state index in [0.717, 1.165) is 0 Å². The van der Waals surface area contributed by atoms with Gasteiger partial charge in [-0.15, -0.1) is 0 Å². The van der Waals surface area contributed by atoms with Gasteiger partial charge in [0.05, 0.1) is 0 Å². The summed E-state index contributed by atoms with van der Waals surface area (Å²) in [6.45, 7) is 0. The van der Waals surface area contributed by atoms with Crippen LogP contribution in [0.5, 0.6) is 0 Å². The van der Waals surface area contributed by atoms with E-state index in [1.165, 1.54) is 0 Å². The van der Waals surface area contributed by atoms with Crippen LogP contribution in [0.4, 0.5) is 0 Å². The normalized spacial score (nSPS) is 0. The topological polar surface area (TPSA) is 0 Å². The average Bonchev–Trinajstić information content (AvgIpc) is 0. The fourth-order valence-electron chi connectivity index (χ4n) is 0. The van der Waals surface area contributed by atoms with E-state index in [2.05, 4.69) is 0 Å². The zero-order valence-electron chi connectivity index (χ0n) is 1.01. The van der Waals surface area contributed by atoms with Gasteiger partial charge in [-0.2, -0.15) is 0 Å². The number of hydrogen-bond acceptors (Lipinski definition) is 0. The van der Waals surface area contributed by atoms with Crippen LogP contribution in [0.1, 0.15) is 0 Å². The number of hydrogen-bond donors (Lipinski definition) is 0. The maximum atomic E-state index is 0. The first kappa shape index (κ1) is 29.6. The SMILES string of the molecule is [AlH3].[Cu].[MgH2].[PbH2]. The summed E-state index contributed by atoms with van der Waals surface area (Å²) in [5.74, 6) is 0. The zero-order valence-corrected chi connectivity index (χ0v) is 7.45. The van der Waals surface area contributed by atoms with Crippen LogP contribution in [0.25, 0.3) is 0 Å². The van der Waals surface area contributed by atoms with E-state index in [-0.39, 0.29) is 84.8 Å². The summed E-state index contributed by atoms with van der Waals surface area (Å²) in [7, 11) is 0. The van der Waals surface area contributed by atoms with Gasteiger partial charge in [-0.25, -0.2) is 0 Å². The molecule has 0 rings (SSSR count). The molecule has 0 fully saturated rings. The van der Waals surface area contributed by atoms with E-state index in [0.29, 0.717) is 0 Å². The van der Waals surface area contributed by atoms with Crippen molar-refractivity contribution < 1.29 is 17.1 Å². The summed E-state index contributed by atoms with van der Waals surface area (Å²) in [6, 6.07) is 0. The second-order valence-corrected chi connectivity index (χ2v) is 0. The Kier molecular flexibility index (Phi) is 127. The summed E-state index contributed by atoms with van der Waals surface area (Å²) < 4.78 is 0. The summed E-state index contributed by atoms with van der Waals surface area (Å²) in [5.41, 5.74) is 0. The Labute approximate surface area is 83.4 Å². The van der Waals surface area contributed by atoms with Crippen LogP contribution in [0.3, 0.4) is 0 Å². The van der Waals surface area contributed by atoms with Crippen molar-refractivity contribution in [3.05, 3.63) is 0 Å². The van der Waals surface area contributed by atoms with Gasteiger partial charge in [0.1, 0.15) is 0 Å². The Hall–Kier alpha value is 2.74. The molecule has 0 heterocycles. The van der Waals surface area contributed by atoms with Gasteiger partial charge in [0, 0.05) is 17.1 Å². The maximum absolute atomic E-state index is 0. The van der Waals surface area contributed by atoms with E-state index in [4.69, 9.17) is 0 Å². The van der Waals surface area contributed by atoms with Crippen LogP contribution in [0, 0.1) is 0 Å². The van der Waals surface area contributed by atoms with Crippen molar-refractivity contribution in [1.82, 2.24) is 0 Å². The average molecular weight is 329 g/mol. The van der Waals surface area contributed by atoms with E-state index >= 15 is 0 Å². The van der Waals surface area contributed by atoms with Crippen molar-refractivity contribution in [2.24, 2.45) is 0 Å². The summed E-state index contributed by atoms with van der Waals surface area (Å²) in [6.07, 6.45) is 0. The molecule has 3 radical (unpaired) electrons. The van der Waals surface area contributed by atoms with E-state index in [9.17, 15) is 0 Å². The Morgan fingerprint density at radius 1 is 1.00 bits per heavy atom. The van der Waals surface area contributed by atoms with Crippen LogP contribution in [-0.2, 0) is 17.1 Å². The van der Waals surface area contributed by atoms with Gasteiger partial charge in [0.15, 0.2) is 17.4 Å². The fraction of sp³-hybridized carbons (Fsp3) is 0. The van der Waals surface area contributed by atoms with Crippen molar-refractivity contribution in [2.45, 2.75) is 0 Å². The third kappa shape index (κ3) is 8.83. The van der Waals surface area contributed by atoms with Crippen molar-refractivity contribution in [3.63, 3.8) is 0 Å². The van der Waals surface area contributed by atoms with Gasteiger partial charge in [-0.3, -0.25) is 0 Å². The molecule has 0 amide bonds. The van der Waals surface area contributed by atoms with Gasteiger partial charge >= 0.3 is 50.4 Å². The van der Waals surface area contributed by atoms with Gasteiger partial charge in [-0.05, 0) is 0 Å². The first-order valence-corrected chi connectivity index (χ1v) is 0. The standard InChI is InChI=1S/Al.Cu.Mg.Pb.7H. The molecule has 0 bridgehead atoms. The molecule has 0 aliphatic heterocycles. The first-order chi connectivity index (χ1) is 0. The van der Waals surface area contributed by atoms with E-state index in [1.807, 2.05) is 0 Å². The molecule has 4 heteroatoms. The molecule has 0 saturated carbocycles. The first-order valence-electron chi connectivity index (χ1n) is 0. The van der Waals surface area contributed by atoms with Crippen molar-refractivity contribution in [3.8, 4) is 0 Å². The summed E-state index contributed by atoms with van der Waals surface area (Å²) in [5, 5.41) is 0. The molecule has 4 heavy (non-hydrogen) atoms. The molecule has 0 aromatic heterocycles. The molecular formula is H7AlCuMgPb. The van der Waals surface area contributed by atoms with Gasteiger partial charge in [0.25, 0.3) is 0 Å². The fourth-order valence-corrected chi connectivity index (χ4v) is 0. The minimum absolute atomic E-state index is 0. The van der Waals surface area contributed by atoms with E-state index < -0.39 is 0 Å². The van der Waals surface area contributed by atoms with Crippen molar-refractivity contribution >= 4 is 67.7 Å². The van der Waals surface area contributed by atoms with Crippen LogP contribution in [-0.4, -0.2) is 67.7 Å². The third-order valence-electron chi connectivity index (χ3n) is 0. The summed E-state index contributed by atoms with van der Waals surface area (Å²) >= 11 is 0. The van der Waals surface area contributed by atoms with Gasteiger partial charge in [-0.1, -0.05) is 0 Å². The molecule has 0 aliphatic rings. The van der Waals surface area contributed by atoms with Gasteiger partial charge in [0.2, 0.25) is 0 Å². The van der Waals surface area contributed by atoms with E-state index in [1.54, 1.807) is 0 Å². The molecule has 0 atom stereocenters. The molecule has 0 aromatic carbocycles. The molecule has 0 nitrogen and oxygen atoms in total.